The summed E-state index contributed by atoms with van der Waals surface area (Å²) in [7, 11) is 0. The molecule has 1 atom stereocenters. The van der Waals surface area contributed by atoms with Gasteiger partial charge in [0.1, 0.15) is 5.75 Å². The summed E-state index contributed by atoms with van der Waals surface area (Å²) in [5, 5.41) is 13.6. The number of aliphatic hydroxyl groups is 1. The van der Waals surface area contributed by atoms with Gasteiger partial charge in [0, 0.05) is 18.5 Å². The first-order valence-electron chi connectivity index (χ1n) is 8.08. The van der Waals surface area contributed by atoms with Crippen LogP contribution in [0.3, 0.4) is 0 Å². The molecule has 1 aliphatic heterocycles. The second kappa shape index (κ2) is 5.65. The van der Waals surface area contributed by atoms with Crippen LogP contribution in [0.5, 0.6) is 5.75 Å². The second-order valence-corrected chi connectivity index (χ2v) is 6.20. The van der Waals surface area contributed by atoms with E-state index in [2.05, 4.69) is 29.6 Å². The molecule has 1 fully saturated rings. The van der Waals surface area contributed by atoms with Gasteiger partial charge in [-0.15, -0.1) is 0 Å². The van der Waals surface area contributed by atoms with Gasteiger partial charge in [-0.2, -0.15) is 0 Å². The van der Waals surface area contributed by atoms with E-state index in [-0.39, 0.29) is 0 Å². The minimum atomic E-state index is -0.413. The normalized spacial score (nSPS) is 20.1. The van der Waals surface area contributed by atoms with E-state index < -0.39 is 6.10 Å². The van der Waals surface area contributed by atoms with Crippen molar-refractivity contribution in [3.8, 4) is 5.75 Å². The third-order valence-corrected chi connectivity index (χ3v) is 4.58. The number of aliphatic hydroxyl groups excluding tert-OH is 1. The molecule has 1 saturated carbocycles. The van der Waals surface area contributed by atoms with Gasteiger partial charge in [0.05, 0.1) is 18.4 Å². The van der Waals surface area contributed by atoms with Gasteiger partial charge >= 0.3 is 0 Å². The van der Waals surface area contributed by atoms with Crippen LogP contribution in [0, 0.1) is 0 Å². The first-order valence-corrected chi connectivity index (χ1v) is 8.08. The van der Waals surface area contributed by atoms with Crippen molar-refractivity contribution in [3.05, 3.63) is 59.2 Å². The highest BCUT2D eigenvalue weighted by atomic mass is 16.5. The van der Waals surface area contributed by atoms with Crippen LogP contribution in [0.25, 0.3) is 0 Å². The molecular weight excluding hydrogens is 274 g/mol. The lowest BCUT2D eigenvalue weighted by molar-refractivity contribution is 0.116. The zero-order valence-electron chi connectivity index (χ0n) is 12.6. The number of fused-ring (bicyclic) bond motifs is 1. The molecule has 4 rings (SSSR count). The summed E-state index contributed by atoms with van der Waals surface area (Å²) >= 11 is 0. The number of anilines is 1. The molecule has 1 heterocycles. The van der Waals surface area contributed by atoms with E-state index in [4.69, 9.17) is 4.74 Å². The average molecular weight is 295 g/mol. The monoisotopic (exact) mass is 295 g/mol. The molecular formula is C19H21NO2. The predicted molar refractivity (Wildman–Crippen MR) is 87.3 cm³/mol. The summed E-state index contributed by atoms with van der Waals surface area (Å²) < 4.78 is 5.78. The maximum Gasteiger partial charge on any atom is 0.148 e. The molecule has 0 saturated heterocycles. The van der Waals surface area contributed by atoms with E-state index in [1.54, 1.807) is 0 Å². The molecule has 0 bridgehead atoms. The second-order valence-electron chi connectivity index (χ2n) is 6.20. The van der Waals surface area contributed by atoms with Crippen LogP contribution in [0.1, 0.15) is 48.0 Å². The van der Waals surface area contributed by atoms with Gasteiger partial charge in [-0.3, -0.25) is 0 Å². The van der Waals surface area contributed by atoms with Crippen LogP contribution in [0.15, 0.2) is 42.5 Å². The van der Waals surface area contributed by atoms with Crippen LogP contribution < -0.4 is 10.1 Å². The zero-order chi connectivity index (χ0) is 14.9. The Labute approximate surface area is 130 Å². The smallest absolute Gasteiger partial charge is 0.148 e. The molecule has 2 aliphatic rings. The van der Waals surface area contributed by atoms with Crippen molar-refractivity contribution in [2.45, 2.75) is 37.8 Å². The topological polar surface area (TPSA) is 41.5 Å². The van der Waals surface area contributed by atoms with Gasteiger partial charge in [0.15, 0.2) is 0 Å². The van der Waals surface area contributed by atoms with Gasteiger partial charge in [-0.05, 0) is 36.0 Å². The molecule has 2 aromatic rings. The van der Waals surface area contributed by atoms with Crippen molar-refractivity contribution in [1.29, 1.82) is 0 Å². The van der Waals surface area contributed by atoms with Gasteiger partial charge in [0.25, 0.3) is 0 Å². The molecule has 2 N–H and O–H groups in total. The van der Waals surface area contributed by atoms with Crippen molar-refractivity contribution < 1.29 is 9.84 Å². The number of rotatable bonds is 4. The molecule has 0 amide bonds. The molecule has 114 valence electrons. The Morgan fingerprint density at radius 1 is 1.00 bits per heavy atom. The Hall–Kier alpha value is -2.00. The largest absolute Gasteiger partial charge is 0.491 e. The van der Waals surface area contributed by atoms with Crippen molar-refractivity contribution in [3.63, 3.8) is 0 Å². The molecule has 22 heavy (non-hydrogen) atoms. The van der Waals surface area contributed by atoms with E-state index in [9.17, 15) is 5.11 Å². The summed E-state index contributed by atoms with van der Waals surface area (Å²) in [6.07, 6.45) is 2.88. The van der Waals surface area contributed by atoms with Crippen LogP contribution in [0.4, 0.5) is 5.69 Å². The SMILES string of the molecule is OC1CCOc2c(NCc3ccccc3C3CC3)cccc21. The lowest BCUT2D eigenvalue weighted by Gasteiger charge is -2.25. The quantitative estimate of drug-likeness (QED) is 0.896. The molecule has 0 spiro atoms. The fraction of sp³-hybridized carbons (Fsp3) is 0.368. The first-order chi connectivity index (χ1) is 10.8. The lowest BCUT2D eigenvalue weighted by atomic mass is 10.0. The highest BCUT2D eigenvalue weighted by Crippen LogP contribution is 2.42. The molecule has 3 heteroatoms. The third-order valence-electron chi connectivity index (χ3n) is 4.58. The molecule has 1 unspecified atom stereocenters. The maximum atomic E-state index is 10.1. The van der Waals surface area contributed by atoms with Crippen molar-refractivity contribution >= 4 is 5.69 Å². The minimum Gasteiger partial charge on any atom is -0.491 e. The van der Waals surface area contributed by atoms with E-state index in [0.29, 0.717) is 13.0 Å². The van der Waals surface area contributed by atoms with Gasteiger partial charge in [-0.1, -0.05) is 36.4 Å². The zero-order valence-corrected chi connectivity index (χ0v) is 12.6. The van der Waals surface area contributed by atoms with Crippen LogP contribution in [-0.2, 0) is 6.54 Å². The number of hydrogen-bond acceptors (Lipinski definition) is 3. The van der Waals surface area contributed by atoms with Crippen molar-refractivity contribution in [2.24, 2.45) is 0 Å². The molecule has 2 aromatic carbocycles. The van der Waals surface area contributed by atoms with Gasteiger partial charge in [-0.25, -0.2) is 0 Å². The number of para-hydroxylation sites is 1. The lowest BCUT2D eigenvalue weighted by Crippen LogP contribution is -2.15. The summed E-state index contributed by atoms with van der Waals surface area (Å²) in [4.78, 5) is 0. The maximum absolute atomic E-state index is 10.1. The molecule has 0 radical (unpaired) electrons. The summed E-state index contributed by atoms with van der Waals surface area (Å²) in [5.41, 5.74) is 4.70. The minimum absolute atomic E-state index is 0.413. The van der Waals surface area contributed by atoms with Crippen LogP contribution in [0.2, 0.25) is 0 Å². The molecule has 1 aliphatic carbocycles. The Morgan fingerprint density at radius 3 is 2.68 bits per heavy atom. The Kier molecular flexibility index (Phi) is 3.51. The fourth-order valence-electron chi connectivity index (χ4n) is 3.22. The number of nitrogens with one attached hydrogen (secondary N) is 1. The highest BCUT2D eigenvalue weighted by Gasteiger charge is 2.26. The van der Waals surface area contributed by atoms with E-state index in [1.165, 1.54) is 24.0 Å². The van der Waals surface area contributed by atoms with E-state index in [0.717, 1.165) is 29.5 Å². The summed E-state index contributed by atoms with van der Waals surface area (Å²) in [6, 6.07) is 14.6. The number of ether oxygens (including phenoxy) is 1. The first kappa shape index (κ1) is 13.6. The van der Waals surface area contributed by atoms with Gasteiger partial charge in [0.2, 0.25) is 0 Å². The Bertz CT molecular complexity index is 679. The molecule has 3 nitrogen and oxygen atoms in total. The van der Waals surface area contributed by atoms with Crippen LogP contribution in [-0.4, -0.2) is 11.7 Å². The van der Waals surface area contributed by atoms with Crippen molar-refractivity contribution in [2.75, 3.05) is 11.9 Å². The number of hydrogen-bond donors (Lipinski definition) is 2. The standard InChI is InChI=1S/C19H21NO2/c21-18-10-11-22-19-16(18)6-3-7-17(19)20-12-14-4-1-2-5-15(14)13-8-9-13/h1-7,13,18,20-21H,8-12H2. The highest BCUT2D eigenvalue weighted by molar-refractivity contribution is 5.61. The third kappa shape index (κ3) is 2.57. The van der Waals surface area contributed by atoms with Crippen molar-refractivity contribution in [1.82, 2.24) is 0 Å². The Morgan fingerprint density at radius 2 is 1.82 bits per heavy atom. The average Bonchev–Trinajstić information content (AvgIpc) is 3.38. The van der Waals surface area contributed by atoms with Gasteiger partial charge < -0.3 is 15.2 Å². The molecule has 0 aromatic heterocycles. The van der Waals surface area contributed by atoms with E-state index >= 15 is 0 Å². The summed E-state index contributed by atoms with van der Waals surface area (Å²) in [6.45, 7) is 1.37. The Balaban J connectivity index is 1.56. The van der Waals surface area contributed by atoms with E-state index in [1.807, 2.05) is 18.2 Å². The fourth-order valence-corrected chi connectivity index (χ4v) is 3.22. The van der Waals surface area contributed by atoms with Crippen LogP contribution >= 0.6 is 0 Å². The number of benzene rings is 2. The predicted octanol–water partition coefficient (Wildman–Crippen LogP) is 3.99. The summed E-state index contributed by atoms with van der Waals surface area (Å²) in [5.74, 6) is 1.56.